The maximum atomic E-state index is 12.6. The van der Waals surface area contributed by atoms with E-state index in [1.54, 1.807) is 6.07 Å². The average molecular weight is 434 g/mol. The van der Waals surface area contributed by atoms with Crippen LogP contribution in [0.15, 0.2) is 59.0 Å². The summed E-state index contributed by atoms with van der Waals surface area (Å²) in [5.41, 5.74) is 0.927. The molecule has 0 aliphatic carbocycles. The minimum absolute atomic E-state index is 0.125. The van der Waals surface area contributed by atoms with Crippen molar-refractivity contribution in [3.05, 3.63) is 86.0 Å². The highest BCUT2D eigenvalue weighted by Gasteiger charge is 2.24. The molecule has 1 aromatic heterocycles. The van der Waals surface area contributed by atoms with E-state index in [4.69, 9.17) is 4.42 Å². The van der Waals surface area contributed by atoms with Gasteiger partial charge in [0, 0.05) is 11.8 Å². The van der Waals surface area contributed by atoms with Crippen LogP contribution in [0.25, 0.3) is 22.6 Å². The zero-order valence-corrected chi connectivity index (χ0v) is 16.4. The third-order valence-electron chi connectivity index (χ3n) is 4.66. The number of nitro benzene ring substituents is 2. The van der Waals surface area contributed by atoms with Crippen molar-refractivity contribution in [2.45, 2.75) is 6.92 Å². The lowest BCUT2D eigenvalue weighted by atomic mass is 10.1. The van der Waals surface area contributed by atoms with Crippen LogP contribution in [0.2, 0.25) is 0 Å². The molecule has 4 rings (SSSR count). The van der Waals surface area contributed by atoms with Crippen molar-refractivity contribution in [3.63, 3.8) is 0 Å². The van der Waals surface area contributed by atoms with Gasteiger partial charge in [0.25, 0.3) is 17.3 Å². The number of anilines is 1. The molecular weight excluding hydrogens is 420 g/mol. The number of nitro groups is 2. The smallest absolute Gasteiger partial charge is 0.289 e. The molecule has 0 aliphatic rings. The molecular formula is C21H14N4O7. The molecule has 0 saturated carbocycles. The van der Waals surface area contributed by atoms with Crippen LogP contribution in [0.1, 0.15) is 15.9 Å². The first kappa shape index (κ1) is 20.5. The van der Waals surface area contributed by atoms with Crippen LogP contribution in [0.3, 0.4) is 0 Å². The van der Waals surface area contributed by atoms with Gasteiger partial charge in [0.15, 0.2) is 5.58 Å². The van der Waals surface area contributed by atoms with E-state index in [1.165, 1.54) is 18.2 Å². The number of amides is 1. The summed E-state index contributed by atoms with van der Waals surface area (Å²) in [7, 11) is 0. The molecule has 0 fully saturated rings. The van der Waals surface area contributed by atoms with Crippen LogP contribution in [0.5, 0.6) is 5.75 Å². The molecule has 0 atom stereocenters. The average Bonchev–Trinajstić information content (AvgIpc) is 3.17. The standard InChI is InChI=1S/C21H14N4O7/c1-11-2-7-19-16(8-11)23-21(32-19)15-9-12(3-6-18(15)26)22-20(27)14-5-4-13(24(28)29)10-17(14)25(30)31/h2-10,26H,1H3,(H,22,27). The lowest BCUT2D eigenvalue weighted by Crippen LogP contribution is -2.14. The molecule has 1 amide bonds. The lowest BCUT2D eigenvalue weighted by molar-refractivity contribution is -0.394. The Morgan fingerprint density at radius 2 is 1.81 bits per heavy atom. The summed E-state index contributed by atoms with van der Waals surface area (Å²) in [5.74, 6) is -0.871. The molecule has 11 nitrogen and oxygen atoms in total. The van der Waals surface area contributed by atoms with Crippen molar-refractivity contribution in [2.24, 2.45) is 0 Å². The predicted molar refractivity (Wildman–Crippen MR) is 114 cm³/mol. The molecule has 0 saturated heterocycles. The molecule has 0 unspecified atom stereocenters. The van der Waals surface area contributed by atoms with E-state index in [0.29, 0.717) is 11.1 Å². The van der Waals surface area contributed by atoms with Crippen molar-refractivity contribution in [1.29, 1.82) is 0 Å². The molecule has 11 heteroatoms. The van der Waals surface area contributed by atoms with Crippen LogP contribution in [-0.2, 0) is 0 Å². The van der Waals surface area contributed by atoms with E-state index in [0.717, 1.165) is 23.8 Å². The van der Waals surface area contributed by atoms with Crippen LogP contribution in [0, 0.1) is 27.2 Å². The van der Waals surface area contributed by atoms with Gasteiger partial charge in [-0.1, -0.05) is 6.07 Å². The maximum Gasteiger partial charge on any atom is 0.289 e. The minimum Gasteiger partial charge on any atom is -0.507 e. The second-order valence-corrected chi connectivity index (χ2v) is 6.89. The van der Waals surface area contributed by atoms with Crippen molar-refractivity contribution >= 4 is 34.1 Å². The summed E-state index contributed by atoms with van der Waals surface area (Å²) in [6, 6.07) is 12.3. The monoisotopic (exact) mass is 434 g/mol. The number of oxazole rings is 1. The number of aromatic nitrogens is 1. The Hall–Kier alpha value is -4.80. The summed E-state index contributed by atoms with van der Waals surface area (Å²) >= 11 is 0. The zero-order valence-electron chi connectivity index (χ0n) is 16.4. The number of benzene rings is 3. The highest BCUT2D eigenvalue weighted by atomic mass is 16.6. The Morgan fingerprint density at radius 3 is 2.53 bits per heavy atom. The third kappa shape index (κ3) is 3.81. The van der Waals surface area contributed by atoms with Crippen LogP contribution in [0.4, 0.5) is 17.1 Å². The molecule has 0 spiro atoms. The quantitative estimate of drug-likeness (QED) is 0.262. The first-order chi connectivity index (χ1) is 15.2. The lowest BCUT2D eigenvalue weighted by Gasteiger charge is -2.08. The number of carbonyl (C=O) groups excluding carboxylic acids is 1. The summed E-state index contributed by atoms with van der Waals surface area (Å²) < 4.78 is 5.68. The van der Waals surface area contributed by atoms with E-state index in [1.807, 2.05) is 19.1 Å². The Kier molecular flexibility index (Phi) is 4.99. The molecule has 0 bridgehead atoms. The van der Waals surface area contributed by atoms with E-state index in [9.17, 15) is 30.1 Å². The highest BCUT2D eigenvalue weighted by molar-refractivity contribution is 6.07. The Balaban J connectivity index is 1.68. The van der Waals surface area contributed by atoms with Gasteiger partial charge in [-0.25, -0.2) is 4.98 Å². The number of rotatable bonds is 5. The molecule has 160 valence electrons. The number of carbonyl (C=O) groups is 1. The fourth-order valence-corrected chi connectivity index (χ4v) is 3.11. The Morgan fingerprint density at radius 1 is 1.03 bits per heavy atom. The first-order valence-electron chi connectivity index (χ1n) is 9.17. The molecule has 32 heavy (non-hydrogen) atoms. The number of phenols is 1. The van der Waals surface area contributed by atoms with E-state index >= 15 is 0 Å². The first-order valence-corrected chi connectivity index (χ1v) is 9.17. The summed E-state index contributed by atoms with van der Waals surface area (Å²) in [4.78, 5) is 37.5. The maximum absolute atomic E-state index is 12.6. The third-order valence-corrected chi connectivity index (χ3v) is 4.66. The topological polar surface area (TPSA) is 162 Å². The van der Waals surface area contributed by atoms with Gasteiger partial charge in [-0.2, -0.15) is 0 Å². The largest absolute Gasteiger partial charge is 0.507 e. The highest BCUT2D eigenvalue weighted by Crippen LogP contribution is 2.34. The number of aromatic hydroxyl groups is 1. The van der Waals surface area contributed by atoms with Gasteiger partial charge in [0.2, 0.25) is 5.89 Å². The normalized spacial score (nSPS) is 10.8. The number of nitrogens with one attached hydrogen (secondary N) is 1. The van der Waals surface area contributed by atoms with Crippen LogP contribution in [-0.4, -0.2) is 25.8 Å². The SMILES string of the molecule is Cc1ccc2oc(-c3cc(NC(=O)c4ccc([N+](=O)[O-])cc4[N+](=O)[O-])ccc3O)nc2c1. The fraction of sp³-hybridized carbons (Fsp3) is 0.0476. The van der Waals surface area contributed by atoms with E-state index < -0.39 is 27.1 Å². The molecule has 2 N–H and O–H groups in total. The number of hydrogen-bond donors (Lipinski definition) is 2. The van der Waals surface area contributed by atoms with Crippen molar-refractivity contribution < 1.29 is 24.2 Å². The van der Waals surface area contributed by atoms with E-state index in [2.05, 4.69) is 10.3 Å². The number of nitrogens with zero attached hydrogens (tertiary/aromatic N) is 3. The van der Waals surface area contributed by atoms with Gasteiger partial charge in [0.05, 0.1) is 21.5 Å². The predicted octanol–water partition coefficient (Wildman–Crippen LogP) is 4.58. The number of phenolic OH excluding ortho intramolecular Hbond substituents is 1. The second-order valence-electron chi connectivity index (χ2n) is 6.89. The van der Waals surface area contributed by atoms with Gasteiger partial charge < -0.3 is 14.8 Å². The molecule has 0 aliphatic heterocycles. The summed E-state index contributed by atoms with van der Waals surface area (Å²) in [6.45, 7) is 1.90. The van der Waals surface area contributed by atoms with Crippen molar-refractivity contribution in [2.75, 3.05) is 5.32 Å². The van der Waals surface area contributed by atoms with Gasteiger partial charge >= 0.3 is 0 Å². The van der Waals surface area contributed by atoms with Gasteiger partial charge in [-0.05, 0) is 48.9 Å². The Bertz CT molecular complexity index is 1410. The number of fused-ring (bicyclic) bond motifs is 1. The molecule has 3 aromatic carbocycles. The second kappa shape index (κ2) is 7.80. The molecule has 4 aromatic rings. The van der Waals surface area contributed by atoms with Gasteiger partial charge in [-0.3, -0.25) is 25.0 Å². The molecule has 0 radical (unpaired) electrons. The van der Waals surface area contributed by atoms with Crippen LogP contribution >= 0.6 is 0 Å². The van der Waals surface area contributed by atoms with Crippen molar-refractivity contribution in [3.8, 4) is 17.2 Å². The molecule has 1 heterocycles. The van der Waals surface area contributed by atoms with Gasteiger partial charge in [-0.15, -0.1) is 0 Å². The zero-order chi connectivity index (χ0) is 23.0. The summed E-state index contributed by atoms with van der Waals surface area (Å²) in [6.07, 6.45) is 0. The fourth-order valence-electron chi connectivity index (χ4n) is 3.11. The minimum atomic E-state index is -0.871. The van der Waals surface area contributed by atoms with Crippen molar-refractivity contribution in [1.82, 2.24) is 4.98 Å². The number of aryl methyl sites for hydroxylation is 1. The van der Waals surface area contributed by atoms with Crippen LogP contribution < -0.4 is 5.32 Å². The number of hydrogen-bond acceptors (Lipinski definition) is 8. The summed E-state index contributed by atoms with van der Waals surface area (Å²) in [5, 5.41) is 34.9. The van der Waals surface area contributed by atoms with Gasteiger partial charge in [0.1, 0.15) is 16.8 Å². The Labute approximate surface area is 179 Å². The van der Waals surface area contributed by atoms with E-state index in [-0.39, 0.29) is 28.5 Å². The number of non-ortho nitro benzene ring substituents is 1.